The van der Waals surface area contributed by atoms with E-state index in [2.05, 4.69) is 22.6 Å². The lowest BCUT2D eigenvalue weighted by molar-refractivity contribution is 0.485. The predicted octanol–water partition coefficient (Wildman–Crippen LogP) is 3.16. The van der Waals surface area contributed by atoms with Gasteiger partial charge < -0.3 is 5.32 Å². The molecule has 90 valence electrons. The molecule has 1 N–H and O–H groups in total. The predicted molar refractivity (Wildman–Crippen MR) is 70.0 cm³/mol. The van der Waals surface area contributed by atoms with E-state index in [1.54, 1.807) is 11.3 Å². The van der Waals surface area contributed by atoms with Crippen LogP contribution in [0.3, 0.4) is 0 Å². The molecule has 1 aromatic heterocycles. The van der Waals surface area contributed by atoms with Gasteiger partial charge in [0.2, 0.25) is 0 Å². The van der Waals surface area contributed by atoms with Crippen LogP contribution in [0, 0.1) is 12.8 Å². The number of thiazole rings is 1. The Labute approximate surface area is 102 Å². The largest absolute Gasteiger partial charge is 0.316 e. The van der Waals surface area contributed by atoms with E-state index in [0.29, 0.717) is 0 Å². The molecule has 1 aromatic rings. The van der Waals surface area contributed by atoms with Gasteiger partial charge in [0.1, 0.15) is 0 Å². The maximum absolute atomic E-state index is 4.48. The molecular formula is C13H22N2S. The molecule has 2 rings (SSSR count). The molecule has 0 spiro atoms. The molecule has 1 fully saturated rings. The van der Waals surface area contributed by atoms with Gasteiger partial charge in [-0.25, -0.2) is 4.98 Å². The summed E-state index contributed by atoms with van der Waals surface area (Å²) in [7, 11) is 0. The van der Waals surface area contributed by atoms with Crippen molar-refractivity contribution in [2.45, 2.75) is 45.4 Å². The minimum Gasteiger partial charge on any atom is -0.316 e. The quantitative estimate of drug-likeness (QED) is 0.770. The second kappa shape index (κ2) is 6.36. The van der Waals surface area contributed by atoms with Crippen molar-refractivity contribution in [3.8, 4) is 0 Å². The van der Waals surface area contributed by atoms with E-state index in [4.69, 9.17) is 0 Å². The van der Waals surface area contributed by atoms with Crippen LogP contribution >= 0.6 is 11.3 Å². The first kappa shape index (κ1) is 12.1. The Kier molecular flexibility index (Phi) is 4.79. The van der Waals surface area contributed by atoms with Crippen LogP contribution in [-0.2, 0) is 6.42 Å². The van der Waals surface area contributed by atoms with Gasteiger partial charge in [-0.3, -0.25) is 0 Å². The summed E-state index contributed by atoms with van der Waals surface area (Å²) in [4.78, 5) is 4.48. The minimum atomic E-state index is 0.960. The van der Waals surface area contributed by atoms with Crippen LogP contribution in [-0.4, -0.2) is 18.1 Å². The highest BCUT2D eigenvalue weighted by Gasteiger charge is 2.13. The van der Waals surface area contributed by atoms with Gasteiger partial charge in [0, 0.05) is 17.5 Å². The standard InChI is InChI=1S/C13H22N2S/c1-11-10-16-13(15-11)7-4-8-14-9-12-5-2-3-6-12/h10,12,14H,2-9H2,1H3. The molecule has 0 saturated heterocycles. The van der Waals surface area contributed by atoms with Gasteiger partial charge in [0.15, 0.2) is 0 Å². The lowest BCUT2D eigenvalue weighted by Gasteiger charge is -2.09. The molecule has 3 heteroatoms. The van der Waals surface area contributed by atoms with Gasteiger partial charge in [0.05, 0.1) is 5.01 Å². The van der Waals surface area contributed by atoms with E-state index in [-0.39, 0.29) is 0 Å². The number of hydrogen-bond acceptors (Lipinski definition) is 3. The zero-order valence-corrected chi connectivity index (χ0v) is 11.0. The number of aryl methyl sites for hydroxylation is 2. The average molecular weight is 238 g/mol. The highest BCUT2D eigenvalue weighted by molar-refractivity contribution is 7.09. The van der Waals surface area contributed by atoms with E-state index in [1.807, 2.05) is 0 Å². The third-order valence-corrected chi connectivity index (χ3v) is 4.34. The molecule has 0 unspecified atom stereocenters. The molecule has 1 aliphatic carbocycles. The summed E-state index contributed by atoms with van der Waals surface area (Å²) in [5, 5.41) is 7.01. The summed E-state index contributed by atoms with van der Waals surface area (Å²) < 4.78 is 0. The third kappa shape index (κ3) is 3.87. The van der Waals surface area contributed by atoms with Gasteiger partial charge in [0.25, 0.3) is 0 Å². The molecule has 0 amide bonds. The smallest absolute Gasteiger partial charge is 0.0928 e. The Hall–Kier alpha value is -0.410. The Bertz CT molecular complexity index is 303. The van der Waals surface area contributed by atoms with Crippen molar-refractivity contribution < 1.29 is 0 Å². The molecule has 16 heavy (non-hydrogen) atoms. The van der Waals surface area contributed by atoms with Crippen LogP contribution in [0.15, 0.2) is 5.38 Å². The zero-order valence-electron chi connectivity index (χ0n) is 10.2. The second-order valence-corrected chi connectivity index (χ2v) is 5.78. The molecule has 1 heterocycles. The van der Waals surface area contributed by atoms with Crippen LogP contribution in [0.25, 0.3) is 0 Å². The van der Waals surface area contributed by atoms with Gasteiger partial charge in [-0.05, 0) is 45.2 Å². The fourth-order valence-corrected chi connectivity index (χ4v) is 3.22. The second-order valence-electron chi connectivity index (χ2n) is 4.84. The fraction of sp³-hybridized carbons (Fsp3) is 0.769. The van der Waals surface area contributed by atoms with Crippen LogP contribution in [0.1, 0.15) is 42.8 Å². The number of rotatable bonds is 6. The summed E-state index contributed by atoms with van der Waals surface area (Å²) in [6.07, 6.45) is 8.14. The van der Waals surface area contributed by atoms with Gasteiger partial charge in [-0.2, -0.15) is 0 Å². The third-order valence-electron chi connectivity index (χ3n) is 3.32. The maximum atomic E-state index is 4.48. The first-order valence-electron chi connectivity index (χ1n) is 6.46. The minimum absolute atomic E-state index is 0.960. The Balaban J connectivity index is 1.51. The van der Waals surface area contributed by atoms with Crippen molar-refractivity contribution >= 4 is 11.3 Å². The van der Waals surface area contributed by atoms with Gasteiger partial charge in [-0.15, -0.1) is 11.3 Å². The number of hydrogen-bond donors (Lipinski definition) is 1. The summed E-state index contributed by atoms with van der Waals surface area (Å²) in [5.41, 5.74) is 1.17. The molecular weight excluding hydrogens is 216 g/mol. The van der Waals surface area contributed by atoms with Crippen molar-refractivity contribution in [2.24, 2.45) is 5.92 Å². The first-order chi connectivity index (χ1) is 7.84. The van der Waals surface area contributed by atoms with Crippen molar-refractivity contribution in [1.82, 2.24) is 10.3 Å². The van der Waals surface area contributed by atoms with E-state index in [1.165, 1.54) is 49.4 Å². The number of aromatic nitrogens is 1. The van der Waals surface area contributed by atoms with Crippen molar-refractivity contribution in [3.05, 3.63) is 16.1 Å². The Morgan fingerprint density at radius 1 is 1.44 bits per heavy atom. The lowest BCUT2D eigenvalue weighted by Crippen LogP contribution is -2.22. The summed E-state index contributed by atoms with van der Waals surface area (Å²) in [6, 6.07) is 0. The summed E-state index contributed by atoms with van der Waals surface area (Å²) in [6.45, 7) is 4.45. The molecule has 0 atom stereocenters. The topological polar surface area (TPSA) is 24.9 Å². The molecule has 0 bridgehead atoms. The van der Waals surface area contributed by atoms with Crippen LogP contribution in [0.4, 0.5) is 0 Å². The molecule has 0 aromatic carbocycles. The average Bonchev–Trinajstić information content (AvgIpc) is 2.89. The fourth-order valence-electron chi connectivity index (χ4n) is 2.40. The zero-order chi connectivity index (χ0) is 11.2. The monoisotopic (exact) mass is 238 g/mol. The van der Waals surface area contributed by atoms with E-state index < -0.39 is 0 Å². The Morgan fingerprint density at radius 3 is 2.94 bits per heavy atom. The maximum Gasteiger partial charge on any atom is 0.0928 e. The molecule has 0 aliphatic heterocycles. The lowest BCUT2D eigenvalue weighted by atomic mass is 10.1. The van der Waals surface area contributed by atoms with E-state index in [0.717, 1.165) is 18.9 Å². The molecule has 1 aliphatic rings. The number of nitrogens with zero attached hydrogens (tertiary/aromatic N) is 1. The van der Waals surface area contributed by atoms with E-state index in [9.17, 15) is 0 Å². The first-order valence-corrected chi connectivity index (χ1v) is 7.34. The highest BCUT2D eigenvalue weighted by Crippen LogP contribution is 2.23. The Morgan fingerprint density at radius 2 is 2.25 bits per heavy atom. The van der Waals surface area contributed by atoms with E-state index >= 15 is 0 Å². The van der Waals surface area contributed by atoms with Crippen molar-refractivity contribution in [3.63, 3.8) is 0 Å². The van der Waals surface area contributed by atoms with Gasteiger partial charge >= 0.3 is 0 Å². The van der Waals surface area contributed by atoms with Crippen molar-refractivity contribution in [2.75, 3.05) is 13.1 Å². The normalized spacial score (nSPS) is 17.1. The number of nitrogens with one attached hydrogen (secondary N) is 1. The summed E-state index contributed by atoms with van der Waals surface area (Å²) in [5.74, 6) is 0.960. The van der Waals surface area contributed by atoms with Crippen LogP contribution in [0.2, 0.25) is 0 Å². The van der Waals surface area contributed by atoms with Crippen LogP contribution in [0.5, 0.6) is 0 Å². The molecule has 1 saturated carbocycles. The highest BCUT2D eigenvalue weighted by atomic mass is 32.1. The van der Waals surface area contributed by atoms with Crippen molar-refractivity contribution in [1.29, 1.82) is 0 Å². The van der Waals surface area contributed by atoms with Gasteiger partial charge in [-0.1, -0.05) is 12.8 Å². The summed E-state index contributed by atoms with van der Waals surface area (Å²) >= 11 is 1.79. The van der Waals surface area contributed by atoms with Crippen LogP contribution < -0.4 is 5.32 Å². The molecule has 2 nitrogen and oxygen atoms in total. The SMILES string of the molecule is Cc1csc(CCCNCC2CCCC2)n1. The molecule has 0 radical (unpaired) electrons.